The zero-order valence-electron chi connectivity index (χ0n) is 13.5. The number of piperidine rings is 1. The molecule has 134 valence electrons. The monoisotopic (exact) mass is 381 g/mol. The fourth-order valence-corrected chi connectivity index (χ4v) is 4.82. The zero-order valence-corrected chi connectivity index (χ0v) is 15.1. The maximum absolute atomic E-state index is 12.6. The standard InChI is InChI=1S/C15H19N5O3S2/c16-14-17-15(19-18-14)24-10-13(21)11-4-6-12(7-5-11)25(22,23)20-8-2-1-3-9-20/h4-7H,1-3,8-10H2,(H3,16,17,18,19). The number of hydrogen-bond acceptors (Lipinski definition) is 7. The highest BCUT2D eigenvalue weighted by atomic mass is 32.2. The summed E-state index contributed by atoms with van der Waals surface area (Å²) in [5.74, 6) is 0.215. The highest BCUT2D eigenvalue weighted by Crippen LogP contribution is 2.22. The van der Waals surface area contributed by atoms with E-state index in [0.29, 0.717) is 23.8 Å². The molecular weight excluding hydrogens is 362 g/mol. The fourth-order valence-electron chi connectivity index (χ4n) is 2.60. The van der Waals surface area contributed by atoms with Crippen molar-refractivity contribution >= 4 is 33.5 Å². The van der Waals surface area contributed by atoms with Gasteiger partial charge in [-0.15, -0.1) is 5.10 Å². The van der Waals surface area contributed by atoms with Crippen LogP contribution in [0.5, 0.6) is 0 Å². The Morgan fingerprint density at radius 1 is 1.20 bits per heavy atom. The first-order valence-electron chi connectivity index (χ1n) is 7.91. The number of sulfonamides is 1. The van der Waals surface area contributed by atoms with E-state index in [-0.39, 0.29) is 22.4 Å². The van der Waals surface area contributed by atoms with Crippen molar-refractivity contribution in [2.75, 3.05) is 24.6 Å². The van der Waals surface area contributed by atoms with Gasteiger partial charge in [-0.05, 0) is 25.0 Å². The van der Waals surface area contributed by atoms with Gasteiger partial charge >= 0.3 is 0 Å². The number of nitrogen functional groups attached to an aromatic ring is 1. The van der Waals surface area contributed by atoms with Crippen LogP contribution in [0, 0.1) is 0 Å². The molecular formula is C15H19N5O3S2. The summed E-state index contributed by atoms with van der Waals surface area (Å²) in [6, 6.07) is 6.08. The molecule has 25 heavy (non-hydrogen) atoms. The van der Waals surface area contributed by atoms with Gasteiger partial charge < -0.3 is 5.73 Å². The SMILES string of the molecule is Nc1nc(SCC(=O)c2ccc(S(=O)(=O)N3CCCCC3)cc2)n[nH]1. The minimum atomic E-state index is -3.48. The second-order valence-electron chi connectivity index (χ2n) is 5.70. The molecule has 0 saturated carbocycles. The number of benzene rings is 1. The van der Waals surface area contributed by atoms with E-state index < -0.39 is 10.0 Å². The molecule has 1 fully saturated rings. The summed E-state index contributed by atoms with van der Waals surface area (Å²) in [5.41, 5.74) is 5.88. The number of anilines is 1. The molecule has 3 rings (SSSR count). The number of aromatic nitrogens is 3. The summed E-state index contributed by atoms with van der Waals surface area (Å²) in [4.78, 5) is 16.3. The van der Waals surface area contributed by atoms with Crippen molar-refractivity contribution in [1.29, 1.82) is 0 Å². The number of H-pyrrole nitrogens is 1. The van der Waals surface area contributed by atoms with Crippen LogP contribution in [0.4, 0.5) is 5.95 Å². The molecule has 0 atom stereocenters. The van der Waals surface area contributed by atoms with Crippen molar-refractivity contribution in [1.82, 2.24) is 19.5 Å². The first kappa shape index (κ1) is 17.9. The predicted molar refractivity (Wildman–Crippen MR) is 94.9 cm³/mol. The van der Waals surface area contributed by atoms with Gasteiger partial charge in [-0.25, -0.2) is 13.5 Å². The van der Waals surface area contributed by atoms with Crippen molar-refractivity contribution < 1.29 is 13.2 Å². The van der Waals surface area contributed by atoms with Crippen LogP contribution in [-0.2, 0) is 10.0 Å². The van der Waals surface area contributed by atoms with Gasteiger partial charge in [0.25, 0.3) is 0 Å². The molecule has 1 aromatic heterocycles. The number of aromatic amines is 1. The van der Waals surface area contributed by atoms with E-state index in [2.05, 4.69) is 15.2 Å². The summed E-state index contributed by atoms with van der Waals surface area (Å²) >= 11 is 1.17. The van der Waals surface area contributed by atoms with Crippen molar-refractivity contribution in [3.63, 3.8) is 0 Å². The molecule has 0 amide bonds. The molecule has 0 radical (unpaired) electrons. The van der Waals surface area contributed by atoms with Gasteiger partial charge in [-0.2, -0.15) is 9.29 Å². The van der Waals surface area contributed by atoms with Gasteiger partial charge in [0, 0.05) is 18.7 Å². The summed E-state index contributed by atoms with van der Waals surface area (Å²) in [6.07, 6.45) is 2.84. The number of rotatable bonds is 6. The molecule has 0 bridgehead atoms. The number of nitrogens with one attached hydrogen (secondary N) is 1. The third kappa shape index (κ3) is 4.20. The summed E-state index contributed by atoms with van der Waals surface area (Å²) in [7, 11) is -3.48. The molecule has 8 nitrogen and oxygen atoms in total. The average Bonchev–Trinajstić information content (AvgIpc) is 3.06. The Balaban J connectivity index is 1.65. The van der Waals surface area contributed by atoms with Gasteiger partial charge in [-0.3, -0.25) is 4.79 Å². The van der Waals surface area contributed by atoms with Crippen LogP contribution >= 0.6 is 11.8 Å². The smallest absolute Gasteiger partial charge is 0.243 e. The molecule has 1 aromatic carbocycles. The molecule has 0 unspecified atom stereocenters. The van der Waals surface area contributed by atoms with Crippen LogP contribution in [-0.4, -0.2) is 52.5 Å². The second-order valence-corrected chi connectivity index (χ2v) is 8.58. The van der Waals surface area contributed by atoms with Crippen LogP contribution in [0.3, 0.4) is 0 Å². The highest BCUT2D eigenvalue weighted by molar-refractivity contribution is 7.99. The zero-order chi connectivity index (χ0) is 17.9. The maximum Gasteiger partial charge on any atom is 0.243 e. The number of thioether (sulfide) groups is 1. The van der Waals surface area contributed by atoms with Crippen LogP contribution in [0.2, 0.25) is 0 Å². The van der Waals surface area contributed by atoms with Gasteiger partial charge in [0.1, 0.15) is 0 Å². The van der Waals surface area contributed by atoms with E-state index in [1.165, 1.54) is 28.2 Å². The quantitative estimate of drug-likeness (QED) is 0.575. The maximum atomic E-state index is 12.6. The molecule has 3 N–H and O–H groups in total. The number of carbonyl (C=O) groups excluding carboxylic acids is 1. The Kier molecular flexibility index (Phi) is 5.40. The Labute approximate surface area is 150 Å². The van der Waals surface area contributed by atoms with Crippen LogP contribution < -0.4 is 5.73 Å². The third-order valence-corrected chi connectivity index (χ3v) is 6.70. The highest BCUT2D eigenvalue weighted by Gasteiger charge is 2.25. The summed E-state index contributed by atoms with van der Waals surface area (Å²) in [6.45, 7) is 1.11. The minimum Gasteiger partial charge on any atom is -0.368 e. The average molecular weight is 381 g/mol. The fraction of sp³-hybridized carbons (Fsp3) is 0.400. The van der Waals surface area contributed by atoms with E-state index in [0.717, 1.165) is 19.3 Å². The van der Waals surface area contributed by atoms with E-state index in [4.69, 9.17) is 5.73 Å². The Morgan fingerprint density at radius 3 is 2.48 bits per heavy atom. The third-order valence-electron chi connectivity index (χ3n) is 3.94. The molecule has 2 aromatic rings. The Bertz CT molecular complexity index is 842. The van der Waals surface area contributed by atoms with Crippen molar-refractivity contribution in [3.8, 4) is 0 Å². The van der Waals surface area contributed by atoms with E-state index in [1.54, 1.807) is 12.1 Å². The van der Waals surface area contributed by atoms with E-state index >= 15 is 0 Å². The lowest BCUT2D eigenvalue weighted by atomic mass is 10.1. The molecule has 2 heterocycles. The molecule has 0 aliphatic carbocycles. The first-order valence-corrected chi connectivity index (χ1v) is 10.3. The number of nitrogens with two attached hydrogens (primary N) is 1. The lowest BCUT2D eigenvalue weighted by Gasteiger charge is -2.25. The number of hydrogen-bond donors (Lipinski definition) is 2. The van der Waals surface area contributed by atoms with Crippen LogP contribution in [0.1, 0.15) is 29.6 Å². The molecule has 10 heteroatoms. The normalized spacial score (nSPS) is 16.0. The number of nitrogens with zero attached hydrogens (tertiary/aromatic N) is 3. The molecule has 1 saturated heterocycles. The van der Waals surface area contributed by atoms with Crippen molar-refractivity contribution in [2.24, 2.45) is 0 Å². The predicted octanol–water partition coefficient (Wildman–Crippen LogP) is 1.54. The van der Waals surface area contributed by atoms with Crippen molar-refractivity contribution in [2.45, 2.75) is 29.3 Å². The van der Waals surface area contributed by atoms with Gasteiger partial charge in [0.15, 0.2) is 5.78 Å². The topological polar surface area (TPSA) is 122 Å². The summed E-state index contributed by atoms with van der Waals surface area (Å²) in [5, 5.41) is 6.74. The van der Waals surface area contributed by atoms with Crippen LogP contribution in [0.25, 0.3) is 0 Å². The van der Waals surface area contributed by atoms with E-state index in [1.807, 2.05) is 0 Å². The first-order chi connectivity index (χ1) is 12.0. The number of carbonyl (C=O) groups is 1. The molecule has 1 aliphatic rings. The van der Waals surface area contributed by atoms with Crippen molar-refractivity contribution in [3.05, 3.63) is 29.8 Å². The second kappa shape index (κ2) is 7.54. The molecule has 1 aliphatic heterocycles. The lowest BCUT2D eigenvalue weighted by molar-refractivity contribution is 0.102. The lowest BCUT2D eigenvalue weighted by Crippen LogP contribution is -2.35. The van der Waals surface area contributed by atoms with Gasteiger partial charge in [0.05, 0.1) is 10.6 Å². The summed E-state index contributed by atoms with van der Waals surface area (Å²) < 4.78 is 26.7. The Morgan fingerprint density at radius 2 is 1.88 bits per heavy atom. The largest absolute Gasteiger partial charge is 0.368 e. The number of ketones is 1. The Hall–Kier alpha value is -1.91. The van der Waals surface area contributed by atoms with Gasteiger partial charge in [0.2, 0.25) is 21.1 Å². The number of Topliss-reactive ketones (excluding diaryl/α,β-unsaturated/α-hetero) is 1. The van der Waals surface area contributed by atoms with Crippen LogP contribution in [0.15, 0.2) is 34.3 Å². The van der Waals surface area contributed by atoms with E-state index in [9.17, 15) is 13.2 Å². The molecule has 0 spiro atoms. The minimum absolute atomic E-state index is 0.129. The van der Waals surface area contributed by atoms with Gasteiger partial charge in [-0.1, -0.05) is 30.3 Å².